The predicted molar refractivity (Wildman–Crippen MR) is 127 cm³/mol. The summed E-state index contributed by atoms with van der Waals surface area (Å²) in [4.78, 5) is 38.1. The Balaban J connectivity index is 2.11. The molecular formula is C23H23IN2O5. The van der Waals surface area contributed by atoms with Crippen molar-refractivity contribution in [1.29, 1.82) is 0 Å². The van der Waals surface area contributed by atoms with Crippen LogP contribution in [-0.2, 0) is 9.47 Å². The number of aromatic nitrogens is 1. The number of nitrogens with zero attached hydrogens (tertiary/aromatic N) is 1. The van der Waals surface area contributed by atoms with Crippen LogP contribution in [-0.4, -0.2) is 34.7 Å². The van der Waals surface area contributed by atoms with E-state index in [9.17, 15) is 14.4 Å². The molecule has 7 nitrogen and oxygen atoms in total. The van der Waals surface area contributed by atoms with Crippen LogP contribution in [0.15, 0.2) is 48.5 Å². The summed E-state index contributed by atoms with van der Waals surface area (Å²) in [6.45, 7) is 7.23. The average molecular weight is 534 g/mol. The van der Waals surface area contributed by atoms with Gasteiger partial charge in [0.25, 0.3) is 5.91 Å². The second-order valence-corrected chi connectivity index (χ2v) is 8.82. The standard InChI is InChI=1S/C23H23IN2O5/c1-5-30-21(28)18-13-15-17(26(18)20(27)14-9-7-6-8-10-14)12-11-16(19(15)24)25-22(29)31-23(2,3)4/h6-13H,5H2,1-4H3,(H,25,29). The van der Waals surface area contributed by atoms with Crippen molar-refractivity contribution in [3.63, 3.8) is 0 Å². The minimum absolute atomic E-state index is 0.123. The maximum Gasteiger partial charge on any atom is 0.412 e. The van der Waals surface area contributed by atoms with Gasteiger partial charge in [0.15, 0.2) is 0 Å². The zero-order valence-electron chi connectivity index (χ0n) is 17.7. The molecule has 31 heavy (non-hydrogen) atoms. The highest BCUT2D eigenvalue weighted by Crippen LogP contribution is 2.32. The van der Waals surface area contributed by atoms with Crippen molar-refractivity contribution in [2.45, 2.75) is 33.3 Å². The summed E-state index contributed by atoms with van der Waals surface area (Å²) in [7, 11) is 0. The smallest absolute Gasteiger partial charge is 0.412 e. The molecule has 1 N–H and O–H groups in total. The lowest BCUT2D eigenvalue weighted by molar-refractivity contribution is 0.0510. The van der Waals surface area contributed by atoms with Crippen LogP contribution < -0.4 is 5.32 Å². The number of esters is 1. The number of halogens is 1. The van der Waals surface area contributed by atoms with Gasteiger partial charge in [0.05, 0.1) is 17.8 Å². The van der Waals surface area contributed by atoms with Crippen molar-refractivity contribution in [3.8, 4) is 0 Å². The number of carbonyl (C=O) groups is 3. The molecule has 0 spiro atoms. The van der Waals surface area contributed by atoms with Gasteiger partial charge in [0.2, 0.25) is 0 Å². The van der Waals surface area contributed by atoms with E-state index in [4.69, 9.17) is 9.47 Å². The van der Waals surface area contributed by atoms with Gasteiger partial charge in [-0.25, -0.2) is 9.59 Å². The number of nitrogens with one attached hydrogen (secondary N) is 1. The minimum Gasteiger partial charge on any atom is -0.461 e. The lowest BCUT2D eigenvalue weighted by atomic mass is 10.2. The van der Waals surface area contributed by atoms with Crippen molar-refractivity contribution >= 4 is 57.2 Å². The molecule has 0 saturated heterocycles. The number of rotatable bonds is 4. The molecule has 1 aromatic heterocycles. The Kier molecular flexibility index (Phi) is 6.68. The third kappa shape index (κ3) is 5.07. The first-order valence-corrected chi connectivity index (χ1v) is 10.8. The van der Waals surface area contributed by atoms with Crippen molar-refractivity contribution in [2.24, 2.45) is 0 Å². The van der Waals surface area contributed by atoms with Crippen molar-refractivity contribution in [3.05, 3.63) is 63.4 Å². The third-order valence-corrected chi connectivity index (χ3v) is 5.43. The highest BCUT2D eigenvalue weighted by atomic mass is 127. The Morgan fingerprint density at radius 2 is 1.74 bits per heavy atom. The molecule has 0 radical (unpaired) electrons. The van der Waals surface area contributed by atoms with Gasteiger partial charge >= 0.3 is 12.1 Å². The number of anilines is 1. The minimum atomic E-state index is -0.637. The van der Waals surface area contributed by atoms with Crippen LogP contribution in [0.2, 0.25) is 0 Å². The quantitative estimate of drug-likeness (QED) is 0.355. The largest absolute Gasteiger partial charge is 0.461 e. The van der Waals surface area contributed by atoms with E-state index in [-0.39, 0.29) is 18.2 Å². The lowest BCUT2D eigenvalue weighted by Crippen LogP contribution is -2.27. The van der Waals surface area contributed by atoms with E-state index in [1.807, 2.05) is 6.07 Å². The summed E-state index contributed by atoms with van der Waals surface area (Å²) in [5.74, 6) is -0.942. The number of amides is 1. The number of hydrogen-bond acceptors (Lipinski definition) is 5. The van der Waals surface area contributed by atoms with Crippen molar-refractivity contribution in [2.75, 3.05) is 11.9 Å². The van der Waals surface area contributed by atoms with Gasteiger partial charge in [-0.3, -0.25) is 14.7 Å². The maximum absolute atomic E-state index is 13.2. The van der Waals surface area contributed by atoms with E-state index in [1.165, 1.54) is 4.57 Å². The maximum atomic E-state index is 13.2. The Hall–Kier alpha value is -2.88. The zero-order chi connectivity index (χ0) is 22.8. The highest BCUT2D eigenvalue weighted by molar-refractivity contribution is 14.1. The molecule has 3 aromatic rings. The van der Waals surface area contributed by atoms with Crippen LogP contribution in [0, 0.1) is 3.57 Å². The Labute approximate surface area is 193 Å². The molecule has 8 heteroatoms. The topological polar surface area (TPSA) is 86.6 Å². The summed E-state index contributed by atoms with van der Waals surface area (Å²) < 4.78 is 12.5. The van der Waals surface area contributed by atoms with Crippen LogP contribution in [0.25, 0.3) is 10.9 Å². The molecular weight excluding hydrogens is 511 g/mol. The highest BCUT2D eigenvalue weighted by Gasteiger charge is 2.25. The van der Waals surface area contributed by atoms with Crippen molar-refractivity contribution in [1.82, 2.24) is 4.57 Å². The van der Waals surface area contributed by atoms with E-state index in [2.05, 4.69) is 27.9 Å². The molecule has 3 rings (SSSR count). The molecule has 0 saturated carbocycles. The van der Waals surface area contributed by atoms with E-state index in [0.29, 0.717) is 25.7 Å². The second-order valence-electron chi connectivity index (χ2n) is 7.74. The van der Waals surface area contributed by atoms with E-state index in [1.54, 1.807) is 70.2 Å². The number of ether oxygens (including phenoxy) is 2. The summed E-state index contributed by atoms with van der Waals surface area (Å²) in [6.07, 6.45) is -0.588. The fourth-order valence-corrected chi connectivity index (χ4v) is 3.79. The number of carbonyl (C=O) groups excluding carboxylic acids is 3. The molecule has 0 aliphatic carbocycles. The van der Waals surface area contributed by atoms with Crippen molar-refractivity contribution < 1.29 is 23.9 Å². The Morgan fingerprint density at radius 1 is 1.06 bits per heavy atom. The summed E-state index contributed by atoms with van der Waals surface area (Å²) in [5.41, 5.74) is 0.981. The van der Waals surface area contributed by atoms with E-state index in [0.717, 1.165) is 0 Å². The predicted octanol–water partition coefficient (Wildman–Crippen LogP) is 5.46. The zero-order valence-corrected chi connectivity index (χ0v) is 19.8. The Morgan fingerprint density at radius 3 is 2.35 bits per heavy atom. The molecule has 0 aliphatic heterocycles. The lowest BCUT2D eigenvalue weighted by Gasteiger charge is -2.20. The van der Waals surface area contributed by atoms with Crippen LogP contribution in [0.5, 0.6) is 0 Å². The molecule has 0 bridgehead atoms. The van der Waals surface area contributed by atoms with E-state index >= 15 is 0 Å². The SMILES string of the molecule is CCOC(=O)c1cc2c(I)c(NC(=O)OC(C)(C)C)ccc2n1C(=O)c1ccccc1. The molecule has 0 fully saturated rings. The number of fused-ring (bicyclic) bond motifs is 1. The first kappa shape index (κ1) is 22.8. The summed E-state index contributed by atoms with van der Waals surface area (Å²) >= 11 is 2.08. The molecule has 1 amide bonds. The van der Waals surface area contributed by atoms with Gasteiger partial charge in [0.1, 0.15) is 11.3 Å². The Bertz CT molecular complexity index is 1150. The van der Waals surface area contributed by atoms with Crippen LogP contribution in [0.4, 0.5) is 10.5 Å². The first-order valence-electron chi connectivity index (χ1n) is 9.73. The average Bonchev–Trinajstić information content (AvgIpc) is 3.09. The fraction of sp³-hybridized carbons (Fsp3) is 0.261. The normalized spacial score (nSPS) is 11.3. The van der Waals surface area contributed by atoms with Crippen LogP contribution in [0.1, 0.15) is 48.5 Å². The fourth-order valence-electron chi connectivity index (χ4n) is 3.04. The molecule has 162 valence electrons. The van der Waals surface area contributed by atoms with Gasteiger partial charge in [0, 0.05) is 14.5 Å². The summed E-state index contributed by atoms with van der Waals surface area (Å²) in [5, 5.41) is 3.36. The molecule has 0 aliphatic rings. The third-order valence-electron chi connectivity index (χ3n) is 4.26. The van der Waals surface area contributed by atoms with Gasteiger partial charge in [-0.1, -0.05) is 18.2 Å². The summed E-state index contributed by atoms with van der Waals surface area (Å²) in [6, 6.07) is 13.7. The second kappa shape index (κ2) is 9.09. The molecule has 0 atom stereocenters. The van der Waals surface area contributed by atoms with Gasteiger partial charge in [-0.05, 0) is 80.6 Å². The van der Waals surface area contributed by atoms with Gasteiger partial charge in [-0.2, -0.15) is 0 Å². The number of hydrogen-bond donors (Lipinski definition) is 1. The monoisotopic (exact) mass is 534 g/mol. The van der Waals surface area contributed by atoms with Gasteiger partial charge < -0.3 is 9.47 Å². The molecule has 1 heterocycles. The first-order chi connectivity index (χ1) is 14.6. The molecule has 2 aromatic carbocycles. The van der Waals surface area contributed by atoms with Crippen LogP contribution in [0.3, 0.4) is 0 Å². The van der Waals surface area contributed by atoms with E-state index < -0.39 is 17.7 Å². The van der Waals surface area contributed by atoms with Crippen LogP contribution >= 0.6 is 22.6 Å². The van der Waals surface area contributed by atoms with Gasteiger partial charge in [-0.15, -0.1) is 0 Å². The number of benzene rings is 2. The molecule has 0 unspecified atom stereocenters.